The van der Waals surface area contributed by atoms with E-state index >= 15 is 0 Å². The van der Waals surface area contributed by atoms with Crippen molar-refractivity contribution in [1.82, 2.24) is 10.2 Å². The fraction of sp³-hybridized carbons (Fsp3) is 0.533. The first kappa shape index (κ1) is 14.6. The molecule has 0 spiro atoms. The van der Waals surface area contributed by atoms with E-state index in [1.165, 1.54) is 12.1 Å². The summed E-state index contributed by atoms with van der Waals surface area (Å²) in [6.07, 6.45) is 3.41. The highest BCUT2D eigenvalue weighted by Crippen LogP contribution is 2.31. The van der Waals surface area contributed by atoms with Gasteiger partial charge < -0.3 is 19.7 Å². The second-order valence-corrected chi connectivity index (χ2v) is 5.82. The molecule has 0 bridgehead atoms. The van der Waals surface area contributed by atoms with Crippen molar-refractivity contribution in [3.8, 4) is 0 Å². The third kappa shape index (κ3) is 3.13. The van der Waals surface area contributed by atoms with E-state index in [4.69, 9.17) is 9.52 Å². The molecule has 2 heterocycles. The molecule has 2 N–H and O–H groups in total. The van der Waals surface area contributed by atoms with Crippen LogP contribution < -0.4 is 5.32 Å². The summed E-state index contributed by atoms with van der Waals surface area (Å²) >= 11 is 0. The second kappa shape index (κ2) is 5.82. The lowest BCUT2D eigenvalue weighted by Gasteiger charge is -2.32. The molecule has 22 heavy (non-hydrogen) atoms. The van der Waals surface area contributed by atoms with Crippen LogP contribution in [0.25, 0.3) is 0 Å². The van der Waals surface area contributed by atoms with E-state index in [-0.39, 0.29) is 29.4 Å². The Bertz CT molecular complexity index is 597. The second-order valence-electron chi connectivity index (χ2n) is 5.82. The molecule has 3 rings (SSSR count). The predicted octanol–water partition coefficient (Wildman–Crippen LogP) is 1.11. The van der Waals surface area contributed by atoms with Crippen LogP contribution in [0.1, 0.15) is 46.8 Å². The Morgan fingerprint density at radius 2 is 1.73 bits per heavy atom. The molecule has 7 heteroatoms. The first-order valence-corrected chi connectivity index (χ1v) is 7.47. The lowest BCUT2D eigenvalue weighted by Crippen LogP contribution is -2.46. The molecule has 1 aromatic heterocycles. The lowest BCUT2D eigenvalue weighted by molar-refractivity contribution is -0.133. The van der Waals surface area contributed by atoms with E-state index in [0.717, 1.165) is 12.8 Å². The van der Waals surface area contributed by atoms with Crippen molar-refractivity contribution < 1.29 is 23.9 Å². The van der Waals surface area contributed by atoms with Crippen molar-refractivity contribution in [2.24, 2.45) is 5.92 Å². The number of carboxylic acid groups (broad SMARTS) is 1. The number of carbonyl (C=O) groups is 3. The van der Waals surface area contributed by atoms with E-state index in [1.807, 2.05) is 4.90 Å². The normalized spacial score (nSPS) is 19.0. The molecule has 1 saturated heterocycles. The molecule has 2 fully saturated rings. The molecule has 118 valence electrons. The molecule has 7 nitrogen and oxygen atoms in total. The minimum atomic E-state index is -1.20. The summed E-state index contributed by atoms with van der Waals surface area (Å²) < 4.78 is 4.97. The Balaban J connectivity index is 1.50. The van der Waals surface area contributed by atoms with Crippen LogP contribution in [0.4, 0.5) is 0 Å². The van der Waals surface area contributed by atoms with Crippen LogP contribution in [0.3, 0.4) is 0 Å². The van der Waals surface area contributed by atoms with Gasteiger partial charge in [-0.1, -0.05) is 0 Å². The van der Waals surface area contributed by atoms with Gasteiger partial charge in [-0.2, -0.15) is 0 Å². The van der Waals surface area contributed by atoms with Gasteiger partial charge in [0.25, 0.3) is 5.91 Å². The van der Waals surface area contributed by atoms with Gasteiger partial charge in [0.2, 0.25) is 11.7 Å². The fourth-order valence-corrected chi connectivity index (χ4v) is 2.66. The largest absolute Gasteiger partial charge is 0.475 e. The predicted molar refractivity (Wildman–Crippen MR) is 75.5 cm³/mol. The highest BCUT2D eigenvalue weighted by Gasteiger charge is 2.35. The Kier molecular flexibility index (Phi) is 3.87. The average Bonchev–Trinajstić information content (AvgIpc) is 3.23. The Labute approximate surface area is 127 Å². The number of hydrogen-bond acceptors (Lipinski definition) is 4. The number of nitrogens with one attached hydrogen (secondary N) is 1. The molecule has 2 amide bonds. The Hall–Kier alpha value is -2.31. The summed E-state index contributed by atoms with van der Waals surface area (Å²) in [6, 6.07) is 2.59. The number of nitrogens with zero attached hydrogens (tertiary/aromatic N) is 1. The first-order chi connectivity index (χ1) is 10.5. The highest BCUT2D eigenvalue weighted by atomic mass is 16.4. The Morgan fingerprint density at radius 1 is 1.09 bits per heavy atom. The molecule has 0 aromatic carbocycles. The number of furan rings is 1. The molecule has 0 radical (unpaired) electrons. The van der Waals surface area contributed by atoms with Crippen LogP contribution in [-0.2, 0) is 4.79 Å². The smallest absolute Gasteiger partial charge is 0.371 e. The molecular formula is C15H18N2O5. The maximum atomic E-state index is 12.0. The molecule has 1 aliphatic heterocycles. The van der Waals surface area contributed by atoms with Gasteiger partial charge in [-0.15, -0.1) is 0 Å². The van der Waals surface area contributed by atoms with E-state index < -0.39 is 11.9 Å². The van der Waals surface area contributed by atoms with Gasteiger partial charge in [-0.25, -0.2) is 4.79 Å². The van der Waals surface area contributed by atoms with E-state index in [2.05, 4.69) is 5.32 Å². The van der Waals surface area contributed by atoms with E-state index in [1.54, 1.807) is 0 Å². The standard InChI is InChI=1S/C15H18N2O5/c18-13(11-3-4-12(22-11)15(20)21)16-10-5-7-17(8-6-10)14(19)9-1-2-9/h3-4,9-10H,1-2,5-8H2,(H,16,18)(H,20,21). The minimum absolute atomic E-state index is 0.00566. The SMILES string of the molecule is O=C(O)c1ccc(C(=O)NC2CCN(C(=O)C3CC3)CC2)o1. The summed E-state index contributed by atoms with van der Waals surface area (Å²) in [5, 5.41) is 11.6. The monoisotopic (exact) mass is 306 g/mol. The number of hydrogen-bond donors (Lipinski definition) is 2. The minimum Gasteiger partial charge on any atom is -0.475 e. The summed E-state index contributed by atoms with van der Waals surface area (Å²) in [5.41, 5.74) is 0. The van der Waals surface area contributed by atoms with E-state index in [9.17, 15) is 14.4 Å². The quantitative estimate of drug-likeness (QED) is 0.868. The van der Waals surface area contributed by atoms with Gasteiger partial charge in [0.1, 0.15) is 0 Å². The number of aromatic carboxylic acids is 1. The van der Waals surface area contributed by atoms with Crippen molar-refractivity contribution >= 4 is 17.8 Å². The third-order valence-corrected chi connectivity index (χ3v) is 4.11. The van der Waals surface area contributed by atoms with Gasteiger partial charge in [-0.05, 0) is 37.8 Å². The topological polar surface area (TPSA) is 99.8 Å². The van der Waals surface area contributed by atoms with Gasteiger partial charge in [0.05, 0.1) is 0 Å². The lowest BCUT2D eigenvalue weighted by atomic mass is 10.0. The zero-order valence-corrected chi connectivity index (χ0v) is 12.1. The summed E-state index contributed by atoms with van der Waals surface area (Å²) in [5.74, 6) is -1.42. The summed E-state index contributed by atoms with van der Waals surface area (Å²) in [7, 11) is 0. The molecule has 0 unspecified atom stereocenters. The Morgan fingerprint density at radius 3 is 2.27 bits per heavy atom. The number of amides is 2. The first-order valence-electron chi connectivity index (χ1n) is 7.47. The van der Waals surface area contributed by atoms with Crippen molar-refractivity contribution in [1.29, 1.82) is 0 Å². The fourth-order valence-electron chi connectivity index (χ4n) is 2.66. The van der Waals surface area contributed by atoms with Crippen molar-refractivity contribution in [3.05, 3.63) is 23.7 Å². The van der Waals surface area contributed by atoms with Gasteiger partial charge in [-0.3, -0.25) is 9.59 Å². The van der Waals surface area contributed by atoms with Crippen molar-refractivity contribution in [3.63, 3.8) is 0 Å². The van der Waals surface area contributed by atoms with E-state index in [0.29, 0.717) is 25.9 Å². The van der Waals surface area contributed by atoms with Crippen LogP contribution in [0, 0.1) is 5.92 Å². The van der Waals surface area contributed by atoms with Crippen LogP contribution in [0.2, 0.25) is 0 Å². The zero-order chi connectivity index (χ0) is 15.7. The maximum Gasteiger partial charge on any atom is 0.371 e. The van der Waals surface area contributed by atoms with Crippen LogP contribution >= 0.6 is 0 Å². The number of likely N-dealkylation sites (tertiary alicyclic amines) is 1. The third-order valence-electron chi connectivity index (χ3n) is 4.11. The maximum absolute atomic E-state index is 12.0. The zero-order valence-electron chi connectivity index (χ0n) is 12.1. The van der Waals surface area contributed by atoms with Crippen LogP contribution in [0.5, 0.6) is 0 Å². The number of piperidine rings is 1. The van der Waals surface area contributed by atoms with Gasteiger partial charge >= 0.3 is 5.97 Å². The van der Waals surface area contributed by atoms with Crippen molar-refractivity contribution in [2.75, 3.05) is 13.1 Å². The summed E-state index contributed by atoms with van der Waals surface area (Å²) in [6.45, 7) is 1.30. The molecule has 2 aliphatic rings. The number of rotatable bonds is 4. The number of carboxylic acids is 1. The molecule has 1 aliphatic carbocycles. The summed E-state index contributed by atoms with van der Waals surface area (Å²) in [4.78, 5) is 36.5. The van der Waals surface area contributed by atoms with Gasteiger partial charge in [0, 0.05) is 25.0 Å². The molecule has 1 aromatic rings. The van der Waals surface area contributed by atoms with Crippen LogP contribution in [-0.4, -0.2) is 46.9 Å². The molecule has 0 atom stereocenters. The highest BCUT2D eigenvalue weighted by molar-refractivity contribution is 5.93. The van der Waals surface area contributed by atoms with Crippen molar-refractivity contribution in [2.45, 2.75) is 31.7 Å². The average molecular weight is 306 g/mol. The number of carbonyl (C=O) groups excluding carboxylic acids is 2. The van der Waals surface area contributed by atoms with Crippen LogP contribution in [0.15, 0.2) is 16.5 Å². The molecule has 1 saturated carbocycles. The van der Waals surface area contributed by atoms with Gasteiger partial charge in [0.15, 0.2) is 5.76 Å². The molecular weight excluding hydrogens is 288 g/mol.